The van der Waals surface area contributed by atoms with E-state index in [-0.39, 0.29) is 16.7 Å². The SMILES string of the molecule is CC1(CNCc2cccc([N+](=O)[O-])c2C(=O)O)CCCC1. The number of nitro groups is 1. The lowest BCUT2D eigenvalue weighted by atomic mass is 9.89. The van der Waals surface area contributed by atoms with Gasteiger partial charge in [-0.1, -0.05) is 31.9 Å². The van der Waals surface area contributed by atoms with Gasteiger partial charge in [-0.2, -0.15) is 0 Å². The molecule has 114 valence electrons. The normalized spacial score (nSPS) is 16.8. The van der Waals surface area contributed by atoms with Gasteiger partial charge in [-0.25, -0.2) is 4.79 Å². The van der Waals surface area contributed by atoms with Crippen molar-refractivity contribution in [2.45, 2.75) is 39.2 Å². The summed E-state index contributed by atoms with van der Waals surface area (Å²) in [6.07, 6.45) is 4.80. The molecule has 0 atom stereocenters. The third-order valence-corrected chi connectivity index (χ3v) is 4.22. The summed E-state index contributed by atoms with van der Waals surface area (Å²) < 4.78 is 0. The van der Waals surface area contributed by atoms with Crippen LogP contribution in [0.5, 0.6) is 0 Å². The molecule has 6 nitrogen and oxygen atoms in total. The van der Waals surface area contributed by atoms with Gasteiger partial charge in [0.1, 0.15) is 5.56 Å². The minimum Gasteiger partial charge on any atom is -0.477 e. The second-order valence-electron chi connectivity index (χ2n) is 5.99. The van der Waals surface area contributed by atoms with Crippen molar-refractivity contribution in [2.75, 3.05) is 6.54 Å². The number of hydrogen-bond acceptors (Lipinski definition) is 4. The first-order valence-electron chi connectivity index (χ1n) is 7.13. The number of carboxylic acid groups (broad SMARTS) is 1. The van der Waals surface area contributed by atoms with Crippen molar-refractivity contribution in [2.24, 2.45) is 5.41 Å². The van der Waals surface area contributed by atoms with Gasteiger partial charge in [0.15, 0.2) is 0 Å². The molecular formula is C15H20N2O4. The lowest BCUT2D eigenvalue weighted by Crippen LogP contribution is -2.29. The molecule has 1 fully saturated rings. The van der Waals surface area contributed by atoms with E-state index in [2.05, 4.69) is 12.2 Å². The van der Waals surface area contributed by atoms with E-state index in [4.69, 9.17) is 0 Å². The Hall–Kier alpha value is -1.95. The highest BCUT2D eigenvalue weighted by atomic mass is 16.6. The van der Waals surface area contributed by atoms with Crippen LogP contribution in [0.1, 0.15) is 48.5 Å². The number of hydrogen-bond donors (Lipinski definition) is 2. The molecule has 0 bridgehead atoms. The molecule has 0 spiro atoms. The topological polar surface area (TPSA) is 92.5 Å². The lowest BCUT2D eigenvalue weighted by molar-refractivity contribution is -0.385. The summed E-state index contributed by atoms with van der Waals surface area (Å²) in [6, 6.07) is 4.38. The van der Waals surface area contributed by atoms with Gasteiger partial charge in [0.2, 0.25) is 0 Å². The van der Waals surface area contributed by atoms with Crippen LogP contribution in [0.15, 0.2) is 18.2 Å². The maximum absolute atomic E-state index is 11.3. The van der Waals surface area contributed by atoms with Crippen molar-refractivity contribution < 1.29 is 14.8 Å². The highest BCUT2D eigenvalue weighted by Gasteiger charge is 2.28. The zero-order chi connectivity index (χ0) is 15.5. The predicted octanol–water partition coefficient (Wildman–Crippen LogP) is 2.96. The molecule has 1 saturated carbocycles. The van der Waals surface area contributed by atoms with Crippen LogP contribution >= 0.6 is 0 Å². The van der Waals surface area contributed by atoms with E-state index >= 15 is 0 Å². The molecule has 1 aromatic carbocycles. The standard InChI is InChI=1S/C15H20N2O4/c1-15(7-2-3-8-15)10-16-9-11-5-4-6-12(17(20)21)13(11)14(18)19/h4-6,16H,2-3,7-10H2,1H3,(H,18,19). The fourth-order valence-corrected chi connectivity index (χ4v) is 3.04. The molecule has 1 aromatic rings. The summed E-state index contributed by atoms with van der Waals surface area (Å²) >= 11 is 0. The second-order valence-corrected chi connectivity index (χ2v) is 5.99. The number of benzene rings is 1. The molecule has 0 saturated heterocycles. The summed E-state index contributed by atoms with van der Waals surface area (Å²) in [5.41, 5.74) is 0.142. The van der Waals surface area contributed by atoms with Crippen LogP contribution in [0, 0.1) is 15.5 Å². The first-order chi connectivity index (χ1) is 9.93. The summed E-state index contributed by atoms with van der Waals surface area (Å²) in [5, 5.41) is 23.4. The molecule has 0 aromatic heterocycles. The van der Waals surface area contributed by atoms with Crippen molar-refractivity contribution in [1.29, 1.82) is 0 Å². The lowest BCUT2D eigenvalue weighted by Gasteiger charge is -2.24. The largest absolute Gasteiger partial charge is 0.477 e. The Labute approximate surface area is 123 Å². The highest BCUT2D eigenvalue weighted by Crippen LogP contribution is 2.36. The summed E-state index contributed by atoms with van der Waals surface area (Å²) in [7, 11) is 0. The summed E-state index contributed by atoms with van der Waals surface area (Å²) in [5.74, 6) is -1.26. The van der Waals surface area contributed by atoms with Crippen LogP contribution in [0.3, 0.4) is 0 Å². The Kier molecular flexibility index (Phi) is 4.57. The zero-order valence-corrected chi connectivity index (χ0v) is 12.1. The predicted molar refractivity (Wildman–Crippen MR) is 78.3 cm³/mol. The van der Waals surface area contributed by atoms with Crippen molar-refractivity contribution in [3.63, 3.8) is 0 Å². The number of carbonyl (C=O) groups is 1. The Morgan fingerprint density at radius 1 is 1.43 bits per heavy atom. The van der Waals surface area contributed by atoms with Gasteiger partial charge in [-0.3, -0.25) is 10.1 Å². The molecule has 0 unspecified atom stereocenters. The first kappa shape index (κ1) is 15.4. The van der Waals surface area contributed by atoms with E-state index in [1.807, 2.05) is 0 Å². The van der Waals surface area contributed by atoms with E-state index in [1.165, 1.54) is 37.8 Å². The molecule has 0 heterocycles. The first-order valence-corrected chi connectivity index (χ1v) is 7.13. The van der Waals surface area contributed by atoms with Crippen LogP contribution in [-0.2, 0) is 6.54 Å². The molecule has 0 aliphatic heterocycles. The van der Waals surface area contributed by atoms with Crippen LogP contribution < -0.4 is 5.32 Å². The average Bonchev–Trinajstić information content (AvgIpc) is 2.85. The molecule has 0 radical (unpaired) electrons. The van der Waals surface area contributed by atoms with Crippen molar-refractivity contribution in [3.8, 4) is 0 Å². The smallest absolute Gasteiger partial charge is 0.343 e. The van der Waals surface area contributed by atoms with Crippen LogP contribution in [0.4, 0.5) is 5.69 Å². The Morgan fingerprint density at radius 3 is 2.67 bits per heavy atom. The van der Waals surface area contributed by atoms with Gasteiger partial charge in [0.25, 0.3) is 5.69 Å². The van der Waals surface area contributed by atoms with E-state index in [1.54, 1.807) is 6.07 Å². The monoisotopic (exact) mass is 292 g/mol. The number of nitro benzene ring substituents is 1. The summed E-state index contributed by atoms with van der Waals surface area (Å²) in [4.78, 5) is 21.6. The van der Waals surface area contributed by atoms with Gasteiger partial charge in [-0.05, 0) is 23.8 Å². The Balaban J connectivity index is 2.11. The molecule has 0 amide bonds. The van der Waals surface area contributed by atoms with Gasteiger partial charge in [0, 0.05) is 19.2 Å². The molecule has 1 aliphatic rings. The van der Waals surface area contributed by atoms with E-state index < -0.39 is 10.9 Å². The fourth-order valence-electron chi connectivity index (χ4n) is 3.04. The van der Waals surface area contributed by atoms with Gasteiger partial charge >= 0.3 is 5.97 Å². The molecule has 1 aliphatic carbocycles. The van der Waals surface area contributed by atoms with Gasteiger partial charge < -0.3 is 10.4 Å². The van der Waals surface area contributed by atoms with E-state index in [0.29, 0.717) is 12.1 Å². The third-order valence-electron chi connectivity index (χ3n) is 4.22. The van der Waals surface area contributed by atoms with Gasteiger partial charge in [-0.15, -0.1) is 0 Å². The quantitative estimate of drug-likeness (QED) is 0.621. The van der Waals surface area contributed by atoms with Crippen molar-refractivity contribution in [1.82, 2.24) is 5.32 Å². The van der Waals surface area contributed by atoms with Crippen LogP contribution in [-0.4, -0.2) is 22.5 Å². The number of carboxylic acids is 1. The van der Waals surface area contributed by atoms with Crippen LogP contribution in [0.2, 0.25) is 0 Å². The fraction of sp³-hybridized carbons (Fsp3) is 0.533. The minimum absolute atomic E-state index is 0.216. The average molecular weight is 292 g/mol. The Bertz CT molecular complexity index is 551. The minimum atomic E-state index is -1.26. The number of aromatic carboxylic acids is 1. The van der Waals surface area contributed by atoms with E-state index in [0.717, 1.165) is 6.54 Å². The summed E-state index contributed by atoms with van der Waals surface area (Å²) in [6.45, 7) is 3.35. The number of rotatable bonds is 6. The van der Waals surface area contributed by atoms with E-state index in [9.17, 15) is 20.0 Å². The number of nitrogens with one attached hydrogen (secondary N) is 1. The maximum Gasteiger partial charge on any atom is 0.343 e. The zero-order valence-electron chi connectivity index (χ0n) is 12.1. The molecular weight excluding hydrogens is 272 g/mol. The van der Waals surface area contributed by atoms with Crippen molar-refractivity contribution >= 4 is 11.7 Å². The Morgan fingerprint density at radius 2 is 2.10 bits per heavy atom. The second kappa shape index (κ2) is 6.22. The molecule has 21 heavy (non-hydrogen) atoms. The third kappa shape index (κ3) is 3.58. The number of nitrogens with zero attached hydrogens (tertiary/aromatic N) is 1. The highest BCUT2D eigenvalue weighted by molar-refractivity contribution is 5.94. The van der Waals surface area contributed by atoms with Crippen LogP contribution in [0.25, 0.3) is 0 Å². The molecule has 2 N–H and O–H groups in total. The maximum atomic E-state index is 11.3. The van der Waals surface area contributed by atoms with Crippen molar-refractivity contribution in [3.05, 3.63) is 39.4 Å². The molecule has 2 rings (SSSR count). The van der Waals surface area contributed by atoms with Gasteiger partial charge in [0.05, 0.1) is 4.92 Å². The molecule has 6 heteroatoms.